The smallest absolute Gasteiger partial charge is 0.00980 e. The summed E-state index contributed by atoms with van der Waals surface area (Å²) in [5, 5.41) is 3.81. The molecular weight excluding hydrogens is 146 g/mol. The van der Waals surface area contributed by atoms with E-state index in [2.05, 4.69) is 19.2 Å². The SMILES string of the molecule is CC(C)C1CCC2CCCC2N1. The molecule has 1 aliphatic heterocycles. The van der Waals surface area contributed by atoms with Crippen LogP contribution in [0.5, 0.6) is 0 Å². The molecule has 0 aromatic carbocycles. The van der Waals surface area contributed by atoms with Gasteiger partial charge in [-0.25, -0.2) is 0 Å². The minimum absolute atomic E-state index is 0.810. The van der Waals surface area contributed by atoms with Crippen molar-refractivity contribution in [2.75, 3.05) is 0 Å². The second-order valence-corrected chi connectivity index (χ2v) is 4.89. The van der Waals surface area contributed by atoms with Gasteiger partial charge in [-0.05, 0) is 37.5 Å². The average Bonchev–Trinajstić information content (AvgIpc) is 2.49. The quantitative estimate of drug-likeness (QED) is 0.633. The van der Waals surface area contributed by atoms with E-state index < -0.39 is 0 Å². The summed E-state index contributed by atoms with van der Waals surface area (Å²) < 4.78 is 0. The molecule has 1 heterocycles. The van der Waals surface area contributed by atoms with Crippen LogP contribution in [-0.4, -0.2) is 12.1 Å². The van der Waals surface area contributed by atoms with Crippen LogP contribution in [0.2, 0.25) is 0 Å². The first-order valence-electron chi connectivity index (χ1n) is 5.53. The second-order valence-electron chi connectivity index (χ2n) is 4.89. The van der Waals surface area contributed by atoms with E-state index in [1.165, 1.54) is 32.1 Å². The summed E-state index contributed by atoms with van der Waals surface area (Å²) in [5.41, 5.74) is 0. The Morgan fingerprint density at radius 2 is 1.92 bits per heavy atom. The standard InChI is InChI=1S/C11H21N/c1-8(2)10-7-6-9-4-3-5-11(9)12-10/h8-12H,3-7H2,1-2H3. The van der Waals surface area contributed by atoms with Crippen molar-refractivity contribution in [2.24, 2.45) is 11.8 Å². The topological polar surface area (TPSA) is 12.0 Å². The summed E-state index contributed by atoms with van der Waals surface area (Å²) in [7, 11) is 0. The molecule has 0 amide bonds. The summed E-state index contributed by atoms with van der Waals surface area (Å²) in [6, 6.07) is 1.69. The summed E-state index contributed by atoms with van der Waals surface area (Å²) in [5.74, 6) is 1.85. The van der Waals surface area contributed by atoms with E-state index >= 15 is 0 Å². The Hall–Kier alpha value is -0.0400. The molecule has 2 fully saturated rings. The number of piperidine rings is 1. The highest BCUT2D eigenvalue weighted by Gasteiger charge is 2.33. The lowest BCUT2D eigenvalue weighted by Crippen LogP contribution is -2.47. The molecule has 1 saturated carbocycles. The maximum Gasteiger partial charge on any atom is 0.00980 e. The van der Waals surface area contributed by atoms with Crippen molar-refractivity contribution in [3.8, 4) is 0 Å². The monoisotopic (exact) mass is 167 g/mol. The zero-order valence-electron chi connectivity index (χ0n) is 8.34. The van der Waals surface area contributed by atoms with Crippen LogP contribution in [0.4, 0.5) is 0 Å². The van der Waals surface area contributed by atoms with Gasteiger partial charge in [0.25, 0.3) is 0 Å². The van der Waals surface area contributed by atoms with E-state index in [1.54, 1.807) is 0 Å². The second kappa shape index (κ2) is 3.37. The molecule has 12 heavy (non-hydrogen) atoms. The molecule has 0 radical (unpaired) electrons. The van der Waals surface area contributed by atoms with Crippen molar-refractivity contribution in [3.63, 3.8) is 0 Å². The Kier molecular flexibility index (Phi) is 2.40. The van der Waals surface area contributed by atoms with Crippen LogP contribution in [-0.2, 0) is 0 Å². The Morgan fingerprint density at radius 1 is 1.08 bits per heavy atom. The highest BCUT2D eigenvalue weighted by atomic mass is 15.0. The molecule has 1 heteroatoms. The molecule has 2 rings (SSSR count). The third kappa shape index (κ3) is 1.52. The fourth-order valence-electron chi connectivity index (χ4n) is 2.88. The molecule has 3 atom stereocenters. The number of rotatable bonds is 1. The van der Waals surface area contributed by atoms with Crippen LogP contribution >= 0.6 is 0 Å². The van der Waals surface area contributed by atoms with E-state index in [0.29, 0.717) is 0 Å². The van der Waals surface area contributed by atoms with Gasteiger partial charge in [0.15, 0.2) is 0 Å². The first kappa shape index (κ1) is 8.55. The molecule has 1 N–H and O–H groups in total. The van der Waals surface area contributed by atoms with Gasteiger partial charge in [-0.3, -0.25) is 0 Å². The Balaban J connectivity index is 1.92. The first-order chi connectivity index (χ1) is 5.77. The van der Waals surface area contributed by atoms with Crippen molar-refractivity contribution in [2.45, 2.75) is 58.0 Å². The van der Waals surface area contributed by atoms with Gasteiger partial charge in [-0.1, -0.05) is 20.3 Å². The van der Waals surface area contributed by atoms with Crippen LogP contribution in [0.15, 0.2) is 0 Å². The fourth-order valence-corrected chi connectivity index (χ4v) is 2.88. The number of nitrogens with one attached hydrogen (secondary N) is 1. The maximum atomic E-state index is 3.81. The molecule has 0 aromatic heterocycles. The third-order valence-electron chi connectivity index (χ3n) is 3.74. The number of hydrogen-bond donors (Lipinski definition) is 1. The Labute approximate surface area is 75.9 Å². The molecule has 1 aliphatic carbocycles. The largest absolute Gasteiger partial charge is 0.311 e. The minimum atomic E-state index is 0.810. The van der Waals surface area contributed by atoms with Crippen LogP contribution in [0.1, 0.15) is 46.0 Å². The predicted molar refractivity (Wildman–Crippen MR) is 52.1 cm³/mol. The van der Waals surface area contributed by atoms with E-state index in [0.717, 1.165) is 23.9 Å². The summed E-state index contributed by atoms with van der Waals surface area (Å²) >= 11 is 0. The lowest BCUT2D eigenvalue weighted by Gasteiger charge is -2.35. The highest BCUT2D eigenvalue weighted by molar-refractivity contribution is 4.91. The van der Waals surface area contributed by atoms with E-state index in [9.17, 15) is 0 Å². The molecule has 1 saturated heterocycles. The average molecular weight is 167 g/mol. The third-order valence-corrected chi connectivity index (χ3v) is 3.74. The van der Waals surface area contributed by atoms with E-state index in [1.807, 2.05) is 0 Å². The lowest BCUT2D eigenvalue weighted by molar-refractivity contribution is 0.221. The van der Waals surface area contributed by atoms with Gasteiger partial charge in [-0.2, -0.15) is 0 Å². The zero-order chi connectivity index (χ0) is 8.55. The molecule has 70 valence electrons. The minimum Gasteiger partial charge on any atom is -0.311 e. The van der Waals surface area contributed by atoms with Gasteiger partial charge in [0.2, 0.25) is 0 Å². The van der Waals surface area contributed by atoms with Crippen LogP contribution in [0.25, 0.3) is 0 Å². The molecule has 0 aromatic rings. The predicted octanol–water partition coefficient (Wildman–Crippen LogP) is 2.56. The highest BCUT2D eigenvalue weighted by Crippen LogP contribution is 2.34. The zero-order valence-corrected chi connectivity index (χ0v) is 8.34. The van der Waals surface area contributed by atoms with Crippen molar-refractivity contribution in [1.29, 1.82) is 0 Å². The number of hydrogen-bond acceptors (Lipinski definition) is 1. The normalized spacial score (nSPS) is 41.8. The van der Waals surface area contributed by atoms with E-state index in [4.69, 9.17) is 0 Å². The van der Waals surface area contributed by atoms with Gasteiger partial charge in [0.05, 0.1) is 0 Å². The molecule has 0 bridgehead atoms. The summed E-state index contributed by atoms with van der Waals surface area (Å²) in [6.45, 7) is 4.68. The summed E-state index contributed by atoms with van der Waals surface area (Å²) in [6.07, 6.45) is 7.29. The summed E-state index contributed by atoms with van der Waals surface area (Å²) in [4.78, 5) is 0. The van der Waals surface area contributed by atoms with Gasteiger partial charge in [0.1, 0.15) is 0 Å². The fraction of sp³-hybridized carbons (Fsp3) is 1.00. The first-order valence-corrected chi connectivity index (χ1v) is 5.53. The molecule has 0 spiro atoms. The van der Waals surface area contributed by atoms with E-state index in [-0.39, 0.29) is 0 Å². The molecule has 3 unspecified atom stereocenters. The van der Waals surface area contributed by atoms with Gasteiger partial charge in [-0.15, -0.1) is 0 Å². The molecular formula is C11H21N. The van der Waals surface area contributed by atoms with Crippen LogP contribution in [0, 0.1) is 11.8 Å². The van der Waals surface area contributed by atoms with Crippen molar-refractivity contribution in [1.82, 2.24) is 5.32 Å². The van der Waals surface area contributed by atoms with Gasteiger partial charge >= 0.3 is 0 Å². The van der Waals surface area contributed by atoms with Crippen LogP contribution < -0.4 is 5.32 Å². The van der Waals surface area contributed by atoms with Crippen LogP contribution in [0.3, 0.4) is 0 Å². The lowest BCUT2D eigenvalue weighted by atomic mass is 9.86. The van der Waals surface area contributed by atoms with Gasteiger partial charge in [0, 0.05) is 12.1 Å². The molecule has 2 aliphatic rings. The molecule has 1 nitrogen and oxygen atoms in total. The van der Waals surface area contributed by atoms with Crippen molar-refractivity contribution >= 4 is 0 Å². The maximum absolute atomic E-state index is 3.81. The Morgan fingerprint density at radius 3 is 2.67 bits per heavy atom. The van der Waals surface area contributed by atoms with Crippen molar-refractivity contribution < 1.29 is 0 Å². The number of fused-ring (bicyclic) bond motifs is 1. The van der Waals surface area contributed by atoms with Gasteiger partial charge < -0.3 is 5.32 Å². The van der Waals surface area contributed by atoms with Crippen molar-refractivity contribution in [3.05, 3.63) is 0 Å². The Bertz CT molecular complexity index is 153.